The van der Waals surface area contributed by atoms with Gasteiger partial charge in [-0.15, -0.1) is 23.1 Å². The maximum atomic E-state index is 12.6. The van der Waals surface area contributed by atoms with E-state index < -0.39 is 0 Å². The number of nitrogens with zero attached hydrogens (tertiary/aromatic N) is 1. The summed E-state index contributed by atoms with van der Waals surface area (Å²) in [4.78, 5) is 21.9. The fourth-order valence-electron chi connectivity index (χ4n) is 2.56. The van der Waals surface area contributed by atoms with Crippen molar-refractivity contribution in [2.75, 3.05) is 0 Å². The Morgan fingerprint density at radius 1 is 1.28 bits per heavy atom. The van der Waals surface area contributed by atoms with Crippen molar-refractivity contribution >= 4 is 44.9 Å². The third kappa shape index (κ3) is 3.13. The molecule has 0 bridgehead atoms. The van der Waals surface area contributed by atoms with Gasteiger partial charge in [-0.25, -0.2) is 4.98 Å². The van der Waals surface area contributed by atoms with Crippen molar-refractivity contribution in [2.24, 2.45) is 0 Å². The lowest BCUT2D eigenvalue weighted by atomic mass is 10.2. The number of aromatic amines is 1. The maximum Gasteiger partial charge on any atom is 0.260 e. The van der Waals surface area contributed by atoms with E-state index in [0.717, 1.165) is 10.5 Å². The fourth-order valence-corrected chi connectivity index (χ4v) is 4.70. The molecule has 0 spiro atoms. The first kappa shape index (κ1) is 16.4. The van der Waals surface area contributed by atoms with E-state index in [1.165, 1.54) is 11.3 Å². The van der Waals surface area contributed by atoms with Gasteiger partial charge >= 0.3 is 0 Å². The summed E-state index contributed by atoms with van der Waals surface area (Å²) in [5.74, 6) is 1.31. The van der Waals surface area contributed by atoms with Gasteiger partial charge in [0, 0.05) is 15.8 Å². The lowest BCUT2D eigenvalue weighted by Gasteiger charge is -2.11. The smallest absolute Gasteiger partial charge is 0.260 e. The van der Waals surface area contributed by atoms with Crippen molar-refractivity contribution in [1.82, 2.24) is 9.97 Å². The lowest BCUT2D eigenvalue weighted by Crippen LogP contribution is -2.12. The molecule has 4 rings (SSSR count). The summed E-state index contributed by atoms with van der Waals surface area (Å²) in [6.45, 7) is 2.00. The van der Waals surface area contributed by atoms with Gasteiger partial charge in [0.1, 0.15) is 16.4 Å². The van der Waals surface area contributed by atoms with Crippen LogP contribution >= 0.6 is 34.7 Å². The average molecular weight is 389 g/mol. The van der Waals surface area contributed by atoms with Crippen LogP contribution in [0.5, 0.6) is 0 Å². The summed E-state index contributed by atoms with van der Waals surface area (Å²) in [7, 11) is 0. The van der Waals surface area contributed by atoms with Gasteiger partial charge in [0.05, 0.1) is 21.9 Å². The highest BCUT2D eigenvalue weighted by molar-refractivity contribution is 7.99. The molecule has 0 aliphatic heterocycles. The molecular weight excluding hydrogens is 376 g/mol. The Morgan fingerprint density at radius 2 is 2.12 bits per heavy atom. The molecule has 4 nitrogen and oxygen atoms in total. The highest BCUT2D eigenvalue weighted by Crippen LogP contribution is 2.38. The molecule has 0 amide bonds. The zero-order chi connectivity index (χ0) is 17.4. The van der Waals surface area contributed by atoms with E-state index in [2.05, 4.69) is 9.97 Å². The van der Waals surface area contributed by atoms with E-state index in [-0.39, 0.29) is 10.8 Å². The number of hydrogen-bond acceptors (Lipinski definition) is 5. The van der Waals surface area contributed by atoms with Crippen molar-refractivity contribution in [2.45, 2.75) is 17.1 Å². The second-order valence-electron chi connectivity index (χ2n) is 5.45. The van der Waals surface area contributed by atoms with E-state index in [1.807, 2.05) is 42.6 Å². The Morgan fingerprint density at radius 3 is 2.88 bits per heavy atom. The van der Waals surface area contributed by atoms with Gasteiger partial charge in [-0.3, -0.25) is 4.79 Å². The average Bonchev–Trinajstić information content (AvgIpc) is 3.25. The highest BCUT2D eigenvalue weighted by Gasteiger charge is 2.18. The molecule has 3 aromatic heterocycles. The van der Waals surface area contributed by atoms with Crippen molar-refractivity contribution in [3.05, 3.63) is 69.2 Å². The summed E-state index contributed by atoms with van der Waals surface area (Å²) < 4.78 is 5.42. The van der Waals surface area contributed by atoms with Crippen LogP contribution in [0.25, 0.3) is 21.5 Å². The molecule has 1 atom stereocenters. The Bertz CT molecular complexity index is 1090. The van der Waals surface area contributed by atoms with Gasteiger partial charge in [-0.1, -0.05) is 23.7 Å². The molecule has 7 heteroatoms. The second kappa shape index (κ2) is 6.71. The number of thioether (sulfide) groups is 1. The molecule has 3 heterocycles. The van der Waals surface area contributed by atoms with Gasteiger partial charge in [0.15, 0.2) is 0 Å². The number of furan rings is 1. The van der Waals surface area contributed by atoms with Gasteiger partial charge in [-0.05, 0) is 31.2 Å². The molecule has 0 aliphatic carbocycles. The van der Waals surface area contributed by atoms with Crippen molar-refractivity contribution in [3.63, 3.8) is 0 Å². The molecule has 0 saturated carbocycles. The second-order valence-corrected chi connectivity index (χ2v) is 8.10. The van der Waals surface area contributed by atoms with Crippen molar-refractivity contribution in [3.8, 4) is 11.3 Å². The Kier molecular flexibility index (Phi) is 4.41. The van der Waals surface area contributed by atoms with Gasteiger partial charge in [0.25, 0.3) is 5.56 Å². The third-order valence-electron chi connectivity index (χ3n) is 3.77. The molecule has 1 aromatic carbocycles. The predicted octanol–water partition coefficient (Wildman–Crippen LogP) is 5.75. The van der Waals surface area contributed by atoms with Crippen LogP contribution in [-0.2, 0) is 0 Å². The lowest BCUT2D eigenvalue weighted by molar-refractivity contribution is 0.583. The Balaban J connectivity index is 1.72. The van der Waals surface area contributed by atoms with Crippen molar-refractivity contribution in [1.29, 1.82) is 0 Å². The zero-order valence-corrected chi connectivity index (χ0v) is 15.5. The standard InChI is InChI=1S/C18H13ClN2O2S2/c1-10(25-14-7-3-2-5-12(14)19)16-20-17(22)15-11(9-24-18(15)21-16)13-6-4-8-23-13/h2-10H,1H3,(H,20,21,22). The van der Waals surface area contributed by atoms with Crippen LogP contribution in [0.1, 0.15) is 18.0 Å². The van der Waals surface area contributed by atoms with Crippen LogP contribution in [0.2, 0.25) is 5.02 Å². The number of nitrogens with one attached hydrogen (secondary N) is 1. The minimum absolute atomic E-state index is 0.0360. The van der Waals surface area contributed by atoms with E-state index >= 15 is 0 Å². The van der Waals surface area contributed by atoms with E-state index in [1.54, 1.807) is 24.1 Å². The largest absolute Gasteiger partial charge is 0.464 e. The number of thiophene rings is 1. The first-order chi connectivity index (χ1) is 12.1. The maximum absolute atomic E-state index is 12.6. The van der Waals surface area contributed by atoms with Crippen LogP contribution in [-0.4, -0.2) is 9.97 Å². The third-order valence-corrected chi connectivity index (χ3v) is 6.27. The van der Waals surface area contributed by atoms with Gasteiger partial charge in [-0.2, -0.15) is 0 Å². The normalized spacial score (nSPS) is 12.6. The molecule has 4 aromatic rings. The van der Waals surface area contributed by atoms with Crippen LogP contribution < -0.4 is 5.56 Å². The highest BCUT2D eigenvalue weighted by atomic mass is 35.5. The SMILES string of the molecule is CC(Sc1ccccc1Cl)c1nc2scc(-c3ccco3)c2c(=O)[nH]1. The number of aromatic nitrogens is 2. The summed E-state index contributed by atoms with van der Waals surface area (Å²) in [6.07, 6.45) is 1.59. The quantitative estimate of drug-likeness (QED) is 0.452. The monoisotopic (exact) mass is 388 g/mol. The molecule has 0 saturated heterocycles. The molecule has 25 heavy (non-hydrogen) atoms. The van der Waals surface area contributed by atoms with Gasteiger partial charge in [0.2, 0.25) is 0 Å². The van der Waals surface area contributed by atoms with Crippen LogP contribution in [0.3, 0.4) is 0 Å². The van der Waals surface area contributed by atoms with Gasteiger partial charge < -0.3 is 9.40 Å². The number of hydrogen-bond donors (Lipinski definition) is 1. The number of halogens is 1. The molecule has 0 fully saturated rings. The summed E-state index contributed by atoms with van der Waals surface area (Å²) >= 11 is 9.23. The Labute approximate surface area is 156 Å². The minimum Gasteiger partial charge on any atom is -0.464 e. The molecule has 1 unspecified atom stereocenters. The van der Waals surface area contributed by atoms with E-state index in [0.29, 0.717) is 26.8 Å². The predicted molar refractivity (Wildman–Crippen MR) is 104 cm³/mol. The molecular formula is C18H13ClN2O2S2. The fraction of sp³-hybridized carbons (Fsp3) is 0.111. The molecule has 126 valence electrons. The minimum atomic E-state index is -0.153. The number of fused-ring (bicyclic) bond motifs is 1. The summed E-state index contributed by atoms with van der Waals surface area (Å²) in [5, 5.41) is 3.13. The van der Waals surface area contributed by atoms with Crippen LogP contribution in [0.4, 0.5) is 0 Å². The molecule has 0 radical (unpaired) electrons. The van der Waals surface area contributed by atoms with E-state index in [9.17, 15) is 4.79 Å². The molecule has 0 aliphatic rings. The van der Waals surface area contributed by atoms with Crippen molar-refractivity contribution < 1.29 is 4.42 Å². The van der Waals surface area contributed by atoms with Crippen LogP contribution in [0, 0.1) is 0 Å². The summed E-state index contributed by atoms with van der Waals surface area (Å²) in [6, 6.07) is 11.3. The summed E-state index contributed by atoms with van der Waals surface area (Å²) in [5.41, 5.74) is 0.621. The first-order valence-electron chi connectivity index (χ1n) is 7.60. The number of rotatable bonds is 4. The number of H-pyrrole nitrogens is 1. The topological polar surface area (TPSA) is 58.9 Å². The first-order valence-corrected chi connectivity index (χ1v) is 9.73. The van der Waals surface area contributed by atoms with E-state index in [4.69, 9.17) is 16.0 Å². The number of benzene rings is 1. The zero-order valence-electron chi connectivity index (χ0n) is 13.2. The Hall–Kier alpha value is -2.02. The molecule has 1 N–H and O–H groups in total. The van der Waals surface area contributed by atoms with Crippen LogP contribution in [0.15, 0.2) is 62.1 Å².